The normalized spacial score (nSPS) is 16.5. The van der Waals surface area contributed by atoms with Crippen LogP contribution in [0.1, 0.15) is 28.8 Å². The molecule has 1 fully saturated rings. The molecule has 0 aliphatic carbocycles. The van der Waals surface area contributed by atoms with Crippen LogP contribution < -0.4 is 9.47 Å². The molecule has 2 aromatic carbocycles. The molecule has 4 aromatic rings. The van der Waals surface area contributed by atoms with E-state index in [4.69, 9.17) is 9.47 Å². The summed E-state index contributed by atoms with van der Waals surface area (Å²) >= 11 is 0. The van der Waals surface area contributed by atoms with Crippen molar-refractivity contribution in [1.29, 1.82) is 0 Å². The molecule has 0 bridgehead atoms. The van der Waals surface area contributed by atoms with Gasteiger partial charge < -0.3 is 19.4 Å². The predicted molar refractivity (Wildman–Crippen MR) is 121 cm³/mol. The van der Waals surface area contributed by atoms with Crippen molar-refractivity contribution in [2.75, 3.05) is 20.2 Å². The van der Waals surface area contributed by atoms with Gasteiger partial charge in [-0.05, 0) is 18.2 Å². The maximum Gasteiger partial charge on any atom is 0.256 e. The van der Waals surface area contributed by atoms with Crippen LogP contribution in [0.4, 0.5) is 0 Å². The lowest BCUT2D eigenvalue weighted by atomic mass is 9.81. The molecular weight excluding hydrogens is 404 g/mol. The highest BCUT2D eigenvalue weighted by Gasteiger charge is 2.46. The summed E-state index contributed by atoms with van der Waals surface area (Å²) in [4.78, 5) is 18.5. The summed E-state index contributed by atoms with van der Waals surface area (Å²) in [5.74, 6) is 1.64. The van der Waals surface area contributed by atoms with Gasteiger partial charge in [0.05, 0.1) is 30.1 Å². The lowest BCUT2D eigenvalue weighted by Gasteiger charge is -2.44. The molecule has 0 saturated carbocycles. The fourth-order valence-electron chi connectivity index (χ4n) is 5.19. The van der Waals surface area contributed by atoms with Crippen molar-refractivity contribution in [1.82, 2.24) is 19.7 Å². The van der Waals surface area contributed by atoms with E-state index in [0.29, 0.717) is 18.7 Å². The van der Waals surface area contributed by atoms with Gasteiger partial charge in [0.2, 0.25) is 0 Å². The first-order chi connectivity index (χ1) is 15.6. The van der Waals surface area contributed by atoms with Crippen molar-refractivity contribution in [2.45, 2.75) is 18.4 Å². The van der Waals surface area contributed by atoms with Crippen LogP contribution in [-0.2, 0) is 12.6 Å². The van der Waals surface area contributed by atoms with Gasteiger partial charge in [-0.3, -0.25) is 9.48 Å². The summed E-state index contributed by atoms with van der Waals surface area (Å²) in [6.45, 7) is 1.23. The number of carbonyl (C=O) groups excluding carboxylic acids is 1. The number of aromatic amines is 1. The Labute approximate surface area is 185 Å². The molecule has 6 rings (SSSR count). The van der Waals surface area contributed by atoms with E-state index in [1.807, 2.05) is 59.2 Å². The number of piperidine rings is 1. The first-order valence-corrected chi connectivity index (χ1v) is 10.9. The Hall–Kier alpha value is -3.74. The molecule has 1 amide bonds. The molecule has 1 spiro atoms. The van der Waals surface area contributed by atoms with Gasteiger partial charge in [0.1, 0.15) is 17.1 Å². The van der Waals surface area contributed by atoms with Crippen molar-refractivity contribution in [3.8, 4) is 22.8 Å². The molecule has 1 N–H and O–H groups in total. The molecule has 0 atom stereocenters. The Morgan fingerprint density at radius 1 is 1.16 bits per heavy atom. The molecule has 2 aliphatic rings. The number of benzene rings is 2. The van der Waals surface area contributed by atoms with Crippen molar-refractivity contribution < 1.29 is 14.3 Å². The average Bonchev–Trinajstić information content (AvgIpc) is 3.44. The number of H-pyrrole nitrogens is 1. The van der Waals surface area contributed by atoms with Crippen LogP contribution in [0.25, 0.3) is 22.2 Å². The Morgan fingerprint density at radius 3 is 2.78 bits per heavy atom. The number of methoxy groups -OCH3 is 1. The van der Waals surface area contributed by atoms with E-state index >= 15 is 0 Å². The highest BCUT2D eigenvalue weighted by atomic mass is 16.5. The fourth-order valence-corrected chi connectivity index (χ4v) is 5.19. The van der Waals surface area contributed by atoms with Crippen LogP contribution in [0.5, 0.6) is 11.5 Å². The minimum atomic E-state index is -0.460. The van der Waals surface area contributed by atoms with E-state index < -0.39 is 5.60 Å². The SMILES string of the molecule is COc1cccc2c(C(=O)N3CCC4(CC3)Oc3ccccc3-c3c4cnn3C)c[nH]c12. The molecule has 7 heteroatoms. The van der Waals surface area contributed by atoms with Crippen molar-refractivity contribution in [3.63, 3.8) is 0 Å². The number of aromatic nitrogens is 3. The largest absolute Gasteiger partial charge is 0.495 e. The summed E-state index contributed by atoms with van der Waals surface area (Å²) < 4.78 is 14.0. The second-order valence-electron chi connectivity index (χ2n) is 8.50. The fraction of sp³-hybridized carbons (Fsp3) is 0.280. The van der Waals surface area contributed by atoms with Crippen LogP contribution in [0.15, 0.2) is 54.9 Å². The number of hydrogen-bond donors (Lipinski definition) is 1. The molecular formula is C25H24N4O3. The topological polar surface area (TPSA) is 72.4 Å². The quantitative estimate of drug-likeness (QED) is 0.522. The maximum absolute atomic E-state index is 13.4. The number of likely N-dealkylation sites (tertiary alicyclic amines) is 1. The van der Waals surface area contributed by atoms with E-state index in [0.717, 1.165) is 52.1 Å². The first-order valence-electron chi connectivity index (χ1n) is 10.9. The van der Waals surface area contributed by atoms with E-state index in [1.54, 1.807) is 13.3 Å². The number of rotatable bonds is 2. The number of hydrogen-bond acceptors (Lipinski definition) is 4. The Morgan fingerprint density at radius 2 is 1.97 bits per heavy atom. The number of amides is 1. The zero-order chi connectivity index (χ0) is 21.9. The van der Waals surface area contributed by atoms with Crippen molar-refractivity contribution in [2.24, 2.45) is 7.05 Å². The van der Waals surface area contributed by atoms with Gasteiger partial charge in [0, 0.05) is 55.7 Å². The number of nitrogens with one attached hydrogen (secondary N) is 1. The van der Waals surface area contributed by atoms with E-state index in [-0.39, 0.29) is 5.91 Å². The average molecular weight is 428 g/mol. The van der Waals surface area contributed by atoms with E-state index in [1.165, 1.54) is 0 Å². The van der Waals surface area contributed by atoms with Crippen LogP contribution in [-0.4, -0.2) is 45.8 Å². The lowest BCUT2D eigenvalue weighted by Crippen LogP contribution is -2.49. The van der Waals surface area contributed by atoms with Gasteiger partial charge in [-0.2, -0.15) is 5.10 Å². The molecule has 2 aliphatic heterocycles. The zero-order valence-electron chi connectivity index (χ0n) is 18.1. The monoisotopic (exact) mass is 428 g/mol. The first kappa shape index (κ1) is 19.0. The molecule has 0 radical (unpaired) electrons. The molecule has 7 nitrogen and oxygen atoms in total. The third kappa shape index (κ3) is 2.60. The van der Waals surface area contributed by atoms with Crippen molar-refractivity contribution in [3.05, 3.63) is 66.0 Å². The standard InChI is InChI=1S/C25H24N4O3/c1-28-23-17-6-3-4-8-20(17)32-25(19(23)15-27-28)10-12-29(13-11-25)24(30)18-14-26-22-16(18)7-5-9-21(22)31-2/h3-9,14-15,26H,10-13H2,1-2H3. The summed E-state index contributed by atoms with van der Waals surface area (Å²) in [5.41, 5.74) is 4.35. The Kier molecular flexibility index (Phi) is 4.08. The van der Waals surface area contributed by atoms with Gasteiger partial charge in [0.15, 0.2) is 0 Å². The molecule has 162 valence electrons. The summed E-state index contributed by atoms with van der Waals surface area (Å²) in [6.07, 6.45) is 5.15. The Bertz CT molecular complexity index is 1340. The highest BCUT2D eigenvalue weighted by molar-refractivity contribution is 6.08. The molecule has 0 unspecified atom stereocenters. The number of fused-ring (bicyclic) bond motifs is 5. The summed E-state index contributed by atoms with van der Waals surface area (Å²) in [6, 6.07) is 13.9. The second kappa shape index (κ2) is 6.88. The van der Waals surface area contributed by atoms with Gasteiger partial charge in [0.25, 0.3) is 5.91 Å². The van der Waals surface area contributed by atoms with E-state index in [9.17, 15) is 4.79 Å². The van der Waals surface area contributed by atoms with Crippen LogP contribution in [0.3, 0.4) is 0 Å². The van der Waals surface area contributed by atoms with E-state index in [2.05, 4.69) is 16.1 Å². The summed E-state index contributed by atoms with van der Waals surface area (Å²) in [7, 11) is 3.61. The second-order valence-corrected chi connectivity index (χ2v) is 8.50. The van der Waals surface area contributed by atoms with Crippen LogP contribution in [0, 0.1) is 0 Å². The maximum atomic E-state index is 13.4. The third-order valence-electron chi connectivity index (χ3n) is 6.86. The van der Waals surface area contributed by atoms with Crippen molar-refractivity contribution >= 4 is 16.8 Å². The van der Waals surface area contributed by atoms with Crippen LogP contribution >= 0.6 is 0 Å². The zero-order valence-corrected chi connectivity index (χ0v) is 18.1. The van der Waals surface area contributed by atoms with Crippen LogP contribution in [0.2, 0.25) is 0 Å². The predicted octanol–water partition coefficient (Wildman–Crippen LogP) is 4.10. The number of nitrogens with zero attached hydrogens (tertiary/aromatic N) is 3. The smallest absolute Gasteiger partial charge is 0.256 e. The van der Waals surface area contributed by atoms with Gasteiger partial charge in [-0.1, -0.05) is 24.3 Å². The minimum absolute atomic E-state index is 0.0296. The Balaban J connectivity index is 1.30. The highest BCUT2D eigenvalue weighted by Crippen LogP contribution is 2.49. The molecule has 32 heavy (non-hydrogen) atoms. The minimum Gasteiger partial charge on any atom is -0.495 e. The number of carbonyl (C=O) groups is 1. The molecule has 1 saturated heterocycles. The summed E-state index contributed by atoms with van der Waals surface area (Å²) in [5, 5.41) is 5.41. The van der Waals surface area contributed by atoms with Gasteiger partial charge in [-0.25, -0.2) is 0 Å². The molecule has 4 heterocycles. The lowest BCUT2D eigenvalue weighted by molar-refractivity contribution is -0.00166. The third-order valence-corrected chi connectivity index (χ3v) is 6.86. The number of aryl methyl sites for hydroxylation is 1. The molecule has 2 aromatic heterocycles. The van der Waals surface area contributed by atoms with Gasteiger partial charge >= 0.3 is 0 Å². The number of ether oxygens (including phenoxy) is 2. The van der Waals surface area contributed by atoms with Gasteiger partial charge in [-0.15, -0.1) is 0 Å². The number of para-hydroxylation sites is 2.